The van der Waals surface area contributed by atoms with Crippen LogP contribution in [0.1, 0.15) is 45.4 Å². The number of aliphatic hydroxyl groups excluding tert-OH is 2. The van der Waals surface area contributed by atoms with Crippen molar-refractivity contribution in [1.29, 1.82) is 0 Å². The lowest BCUT2D eigenvalue weighted by Crippen LogP contribution is -1.97. The minimum absolute atomic E-state index is 0.786. The molecule has 104 valence electrons. The molecule has 2 atom stereocenters. The molecule has 0 bridgehead atoms. The summed E-state index contributed by atoms with van der Waals surface area (Å²) in [6.07, 6.45) is 10.5. The maximum absolute atomic E-state index is 9.50. The summed E-state index contributed by atoms with van der Waals surface area (Å²) in [4.78, 5) is 0. The van der Waals surface area contributed by atoms with Gasteiger partial charge in [-0.3, -0.25) is 0 Å². The molecule has 0 aromatic rings. The van der Waals surface area contributed by atoms with Crippen LogP contribution in [0.25, 0.3) is 0 Å². The molecule has 0 amide bonds. The topological polar surface area (TPSA) is 40.5 Å². The maximum atomic E-state index is 9.50. The van der Waals surface area contributed by atoms with E-state index in [1.807, 2.05) is 6.08 Å². The fraction of sp³-hybridized carbons (Fsp3) is 0.529. The lowest BCUT2D eigenvalue weighted by Gasteiger charge is -1.97. The van der Waals surface area contributed by atoms with E-state index in [9.17, 15) is 5.11 Å². The van der Waals surface area contributed by atoms with Gasteiger partial charge in [-0.2, -0.15) is 0 Å². The minimum atomic E-state index is -0.856. The van der Waals surface area contributed by atoms with Gasteiger partial charge < -0.3 is 10.2 Å². The highest BCUT2D eigenvalue weighted by molar-refractivity contribution is 5.31. The van der Waals surface area contributed by atoms with Gasteiger partial charge in [-0.05, 0) is 30.8 Å². The third-order valence-corrected chi connectivity index (χ3v) is 2.52. The van der Waals surface area contributed by atoms with Gasteiger partial charge in [0.05, 0.1) is 0 Å². The average Bonchev–Trinajstić information content (AvgIpc) is 2.42. The Balaban J connectivity index is 3.78. The molecule has 19 heavy (non-hydrogen) atoms. The number of unbranched alkanes of at least 4 members (excludes halogenated alkanes) is 5. The summed E-state index contributed by atoms with van der Waals surface area (Å²) >= 11 is 0. The van der Waals surface area contributed by atoms with Crippen LogP contribution in [-0.2, 0) is 0 Å². The average molecular weight is 260 g/mol. The van der Waals surface area contributed by atoms with Gasteiger partial charge in [0.25, 0.3) is 0 Å². The van der Waals surface area contributed by atoms with Crippen LogP contribution >= 0.6 is 0 Å². The number of allylic oxidation sites excluding steroid dienone is 1. The molecule has 0 aromatic carbocycles. The van der Waals surface area contributed by atoms with Gasteiger partial charge in [-0.15, -0.1) is 0 Å². The Labute approximate surface area is 117 Å². The second-order valence-corrected chi connectivity index (χ2v) is 4.30. The molecule has 0 radical (unpaired) electrons. The standard InChI is InChI=1S/C17H24O2/c1-3-5-6-7-8-9-10-14-17(19)15-12-11-13-16(18)4-2/h4,10,14,16-19H,2-3,5-9H2,1H3/b14-10-/t16-,17-/m0/s1. The summed E-state index contributed by atoms with van der Waals surface area (Å²) in [5.74, 6) is 10.00. The first-order valence-electron chi connectivity index (χ1n) is 6.87. The number of hydrogen-bond donors (Lipinski definition) is 2. The molecule has 0 aliphatic heterocycles. The zero-order valence-corrected chi connectivity index (χ0v) is 11.7. The maximum Gasteiger partial charge on any atom is 0.134 e. The third-order valence-electron chi connectivity index (χ3n) is 2.52. The number of aliphatic hydroxyl groups is 2. The Hall–Kier alpha value is -1.48. The highest BCUT2D eigenvalue weighted by Gasteiger charge is 1.91. The molecule has 0 fully saturated rings. The van der Waals surface area contributed by atoms with E-state index in [0.717, 1.165) is 12.8 Å². The highest BCUT2D eigenvalue weighted by atomic mass is 16.3. The van der Waals surface area contributed by atoms with Crippen molar-refractivity contribution < 1.29 is 10.2 Å². The number of rotatable bonds is 8. The fourth-order valence-corrected chi connectivity index (χ4v) is 1.42. The van der Waals surface area contributed by atoms with Crippen molar-refractivity contribution in [1.82, 2.24) is 0 Å². The van der Waals surface area contributed by atoms with E-state index >= 15 is 0 Å². The van der Waals surface area contributed by atoms with Crippen molar-refractivity contribution in [2.24, 2.45) is 0 Å². The minimum Gasteiger partial charge on any atom is -0.377 e. The van der Waals surface area contributed by atoms with E-state index in [4.69, 9.17) is 5.11 Å². The summed E-state index contributed by atoms with van der Waals surface area (Å²) in [6, 6.07) is 0. The lowest BCUT2D eigenvalue weighted by atomic mass is 10.1. The van der Waals surface area contributed by atoms with Crippen LogP contribution in [0, 0.1) is 23.7 Å². The summed E-state index contributed by atoms with van der Waals surface area (Å²) in [5, 5.41) is 18.6. The molecule has 0 spiro atoms. The SMILES string of the molecule is C=C[C@H](O)C#CC#C[C@@H](O)/C=C\CCCCCCC. The van der Waals surface area contributed by atoms with Gasteiger partial charge in [-0.25, -0.2) is 0 Å². The molecule has 0 aromatic heterocycles. The molecule has 0 saturated carbocycles. The van der Waals surface area contributed by atoms with Gasteiger partial charge in [0.1, 0.15) is 12.2 Å². The van der Waals surface area contributed by atoms with E-state index in [1.165, 1.54) is 31.8 Å². The van der Waals surface area contributed by atoms with Gasteiger partial charge >= 0.3 is 0 Å². The predicted octanol–water partition coefficient (Wildman–Crippen LogP) is 2.82. The van der Waals surface area contributed by atoms with Crippen molar-refractivity contribution in [2.75, 3.05) is 0 Å². The molecule has 0 heterocycles. The largest absolute Gasteiger partial charge is 0.377 e. The Morgan fingerprint density at radius 3 is 2.26 bits per heavy atom. The Kier molecular flexibility index (Phi) is 12.0. The van der Waals surface area contributed by atoms with E-state index in [1.54, 1.807) is 6.08 Å². The first-order valence-corrected chi connectivity index (χ1v) is 6.87. The highest BCUT2D eigenvalue weighted by Crippen LogP contribution is 2.05. The van der Waals surface area contributed by atoms with Gasteiger partial charge in [0.15, 0.2) is 0 Å². The van der Waals surface area contributed by atoms with Crippen LogP contribution < -0.4 is 0 Å². The van der Waals surface area contributed by atoms with Crippen LogP contribution in [0.3, 0.4) is 0 Å². The van der Waals surface area contributed by atoms with Crippen molar-refractivity contribution in [3.63, 3.8) is 0 Å². The summed E-state index contributed by atoms with van der Waals surface area (Å²) in [7, 11) is 0. The predicted molar refractivity (Wildman–Crippen MR) is 80.3 cm³/mol. The first kappa shape index (κ1) is 17.5. The van der Waals surface area contributed by atoms with Gasteiger partial charge in [0.2, 0.25) is 0 Å². The summed E-state index contributed by atoms with van der Waals surface area (Å²) in [6.45, 7) is 5.59. The Bertz CT molecular complexity index is 374. The Morgan fingerprint density at radius 1 is 1.00 bits per heavy atom. The third kappa shape index (κ3) is 12.8. The smallest absolute Gasteiger partial charge is 0.134 e. The molecule has 2 heteroatoms. The second-order valence-electron chi connectivity index (χ2n) is 4.30. The van der Waals surface area contributed by atoms with Crippen LogP contribution in [0.15, 0.2) is 24.8 Å². The molecular weight excluding hydrogens is 236 g/mol. The molecular formula is C17H24O2. The van der Waals surface area contributed by atoms with Crippen molar-refractivity contribution in [3.05, 3.63) is 24.8 Å². The van der Waals surface area contributed by atoms with Crippen LogP contribution in [0.4, 0.5) is 0 Å². The van der Waals surface area contributed by atoms with Crippen LogP contribution in [0.5, 0.6) is 0 Å². The number of hydrogen-bond acceptors (Lipinski definition) is 2. The quantitative estimate of drug-likeness (QED) is 0.400. The van der Waals surface area contributed by atoms with Gasteiger partial charge in [-0.1, -0.05) is 63.2 Å². The van der Waals surface area contributed by atoms with E-state index < -0.39 is 12.2 Å². The molecule has 0 unspecified atom stereocenters. The zero-order chi connectivity index (χ0) is 14.3. The molecule has 0 aliphatic carbocycles. The first-order chi connectivity index (χ1) is 9.20. The van der Waals surface area contributed by atoms with Crippen LogP contribution in [-0.4, -0.2) is 22.4 Å². The summed E-state index contributed by atoms with van der Waals surface area (Å²) < 4.78 is 0. The molecule has 0 rings (SSSR count). The summed E-state index contributed by atoms with van der Waals surface area (Å²) in [5.41, 5.74) is 0. The van der Waals surface area contributed by atoms with Crippen molar-refractivity contribution in [2.45, 2.75) is 57.7 Å². The zero-order valence-electron chi connectivity index (χ0n) is 11.7. The fourth-order valence-electron chi connectivity index (χ4n) is 1.42. The van der Waals surface area contributed by atoms with E-state index in [-0.39, 0.29) is 0 Å². The van der Waals surface area contributed by atoms with Crippen LogP contribution in [0.2, 0.25) is 0 Å². The monoisotopic (exact) mass is 260 g/mol. The van der Waals surface area contributed by atoms with Crippen molar-refractivity contribution in [3.8, 4) is 23.7 Å². The normalized spacial score (nSPS) is 13.0. The van der Waals surface area contributed by atoms with Crippen molar-refractivity contribution >= 4 is 0 Å². The second kappa shape index (κ2) is 13.0. The lowest BCUT2D eigenvalue weighted by molar-refractivity contribution is 0.280. The Morgan fingerprint density at radius 2 is 1.63 bits per heavy atom. The molecule has 2 N–H and O–H groups in total. The van der Waals surface area contributed by atoms with E-state index in [0.29, 0.717) is 0 Å². The molecule has 0 aliphatic rings. The molecule has 0 saturated heterocycles. The van der Waals surface area contributed by atoms with E-state index in [2.05, 4.69) is 37.2 Å². The van der Waals surface area contributed by atoms with Gasteiger partial charge in [0, 0.05) is 0 Å². The molecule has 2 nitrogen and oxygen atoms in total.